The van der Waals surface area contributed by atoms with Crippen LogP contribution in [0.25, 0.3) is 0 Å². The highest BCUT2D eigenvalue weighted by Gasteiger charge is 2.21. The number of methoxy groups -OCH3 is 1. The number of pyridine rings is 1. The van der Waals surface area contributed by atoms with Gasteiger partial charge in [0.25, 0.3) is 11.7 Å². The number of carbonyl (C=O) groups is 1. The second-order valence-electron chi connectivity index (χ2n) is 2.49. The summed E-state index contributed by atoms with van der Waals surface area (Å²) in [6.07, 6.45) is -2.83. The molecule has 0 aliphatic heterocycles. The minimum absolute atomic E-state index is 0.214. The maximum absolute atomic E-state index is 12.5. The summed E-state index contributed by atoms with van der Waals surface area (Å²) in [5.41, 5.74) is -0.788. The SMILES string of the molecule is COc1cc(C(=O)Cl)nc(Cl)c1C(F)F. The van der Waals surface area contributed by atoms with E-state index in [1.807, 2.05) is 0 Å². The Morgan fingerprint density at radius 3 is 2.60 bits per heavy atom. The summed E-state index contributed by atoms with van der Waals surface area (Å²) in [6.45, 7) is 0. The molecule has 0 fully saturated rings. The maximum atomic E-state index is 12.5. The fraction of sp³-hybridized carbons (Fsp3) is 0.250. The van der Waals surface area contributed by atoms with Gasteiger partial charge >= 0.3 is 0 Å². The zero-order valence-corrected chi connectivity index (χ0v) is 8.94. The number of halogens is 4. The summed E-state index contributed by atoms with van der Waals surface area (Å²) in [7, 11) is 1.18. The van der Waals surface area contributed by atoms with Crippen LogP contribution in [0.1, 0.15) is 22.5 Å². The molecule has 0 N–H and O–H groups in total. The minimum atomic E-state index is -2.83. The first-order chi connectivity index (χ1) is 6.97. The fourth-order valence-electron chi connectivity index (χ4n) is 0.969. The molecule has 1 heterocycles. The van der Waals surface area contributed by atoms with Crippen LogP contribution in [0.2, 0.25) is 5.15 Å². The zero-order valence-electron chi connectivity index (χ0n) is 7.43. The second kappa shape index (κ2) is 4.72. The average molecular weight is 256 g/mol. The summed E-state index contributed by atoms with van der Waals surface area (Å²) in [4.78, 5) is 14.2. The molecule has 0 atom stereocenters. The van der Waals surface area contributed by atoms with Gasteiger partial charge in [-0.1, -0.05) is 11.6 Å². The quantitative estimate of drug-likeness (QED) is 0.616. The van der Waals surface area contributed by atoms with Crippen LogP contribution in [0.4, 0.5) is 8.78 Å². The van der Waals surface area contributed by atoms with Crippen LogP contribution in [-0.2, 0) is 0 Å². The molecule has 0 saturated carbocycles. The first-order valence-electron chi connectivity index (χ1n) is 3.69. The van der Waals surface area contributed by atoms with Crippen molar-refractivity contribution in [3.63, 3.8) is 0 Å². The van der Waals surface area contributed by atoms with Crippen LogP contribution in [0.5, 0.6) is 5.75 Å². The first-order valence-corrected chi connectivity index (χ1v) is 4.45. The van der Waals surface area contributed by atoms with Crippen molar-refractivity contribution >= 4 is 28.4 Å². The Bertz CT molecular complexity index is 398. The normalized spacial score (nSPS) is 10.5. The molecule has 7 heteroatoms. The molecule has 1 aromatic heterocycles. The Labute approximate surface area is 94.0 Å². The van der Waals surface area contributed by atoms with Crippen molar-refractivity contribution in [1.29, 1.82) is 0 Å². The number of nitrogens with zero attached hydrogens (tertiary/aromatic N) is 1. The van der Waals surface area contributed by atoms with Crippen LogP contribution < -0.4 is 4.74 Å². The maximum Gasteiger partial charge on any atom is 0.271 e. The van der Waals surface area contributed by atoms with Gasteiger partial charge in [-0.05, 0) is 11.6 Å². The molecule has 3 nitrogen and oxygen atoms in total. The van der Waals surface area contributed by atoms with Gasteiger partial charge in [0.05, 0.1) is 12.7 Å². The lowest BCUT2D eigenvalue weighted by Gasteiger charge is -2.09. The standard InChI is InChI=1S/C8H5Cl2F2NO2/c1-15-4-2-3(7(10)14)13-6(9)5(4)8(11)12/h2,8H,1H3. The summed E-state index contributed by atoms with van der Waals surface area (Å²) < 4.78 is 29.6. The largest absolute Gasteiger partial charge is 0.496 e. The molecule has 1 rings (SSSR count). The predicted octanol–water partition coefficient (Wildman–Crippen LogP) is 3.06. The Morgan fingerprint density at radius 1 is 1.60 bits per heavy atom. The van der Waals surface area contributed by atoms with Gasteiger partial charge in [-0.2, -0.15) is 0 Å². The van der Waals surface area contributed by atoms with Gasteiger partial charge in [0.15, 0.2) is 0 Å². The van der Waals surface area contributed by atoms with E-state index in [4.69, 9.17) is 23.2 Å². The van der Waals surface area contributed by atoms with E-state index in [0.29, 0.717) is 0 Å². The highest BCUT2D eigenvalue weighted by molar-refractivity contribution is 6.67. The van der Waals surface area contributed by atoms with Gasteiger partial charge in [-0.3, -0.25) is 4.79 Å². The van der Waals surface area contributed by atoms with Gasteiger partial charge < -0.3 is 4.74 Å². The molecule has 0 radical (unpaired) electrons. The molecule has 82 valence electrons. The topological polar surface area (TPSA) is 39.2 Å². The number of rotatable bonds is 3. The molecule has 15 heavy (non-hydrogen) atoms. The van der Waals surface area contributed by atoms with E-state index in [0.717, 1.165) is 6.07 Å². The van der Waals surface area contributed by atoms with E-state index >= 15 is 0 Å². The Balaban J connectivity index is 3.37. The van der Waals surface area contributed by atoms with Crippen LogP contribution in [-0.4, -0.2) is 17.3 Å². The number of alkyl halides is 2. The minimum Gasteiger partial charge on any atom is -0.496 e. The second-order valence-corrected chi connectivity index (χ2v) is 3.19. The number of hydrogen-bond donors (Lipinski definition) is 0. The van der Waals surface area contributed by atoms with Crippen molar-refractivity contribution in [1.82, 2.24) is 4.98 Å². The molecule has 0 amide bonds. The summed E-state index contributed by atoms with van der Waals surface area (Å²) in [5, 5.41) is -1.38. The molecule has 0 spiro atoms. The lowest BCUT2D eigenvalue weighted by Crippen LogP contribution is -2.01. The number of ether oxygens (including phenoxy) is 1. The van der Waals surface area contributed by atoms with E-state index in [-0.39, 0.29) is 11.4 Å². The van der Waals surface area contributed by atoms with Crippen LogP contribution >= 0.6 is 23.2 Å². The van der Waals surface area contributed by atoms with Crippen molar-refractivity contribution in [3.05, 3.63) is 22.5 Å². The van der Waals surface area contributed by atoms with Crippen molar-refractivity contribution in [2.75, 3.05) is 7.11 Å². The summed E-state index contributed by atoms with van der Waals surface area (Å²) in [6, 6.07) is 1.02. The molecular weight excluding hydrogens is 251 g/mol. The van der Waals surface area contributed by atoms with Crippen molar-refractivity contribution < 1.29 is 18.3 Å². The first kappa shape index (κ1) is 12.1. The van der Waals surface area contributed by atoms with E-state index < -0.39 is 22.4 Å². The Morgan fingerprint density at radius 2 is 2.20 bits per heavy atom. The number of aromatic nitrogens is 1. The fourth-order valence-corrected chi connectivity index (χ4v) is 1.33. The average Bonchev–Trinajstić information content (AvgIpc) is 2.15. The number of hydrogen-bond acceptors (Lipinski definition) is 3. The molecule has 0 aromatic carbocycles. The molecule has 0 aliphatic carbocycles. The molecule has 1 aromatic rings. The van der Waals surface area contributed by atoms with Crippen molar-refractivity contribution in [2.24, 2.45) is 0 Å². The third kappa shape index (κ3) is 2.54. The molecular formula is C8H5Cl2F2NO2. The van der Waals surface area contributed by atoms with Crippen molar-refractivity contribution in [2.45, 2.75) is 6.43 Å². The zero-order chi connectivity index (χ0) is 11.6. The third-order valence-corrected chi connectivity index (χ3v) is 2.10. The van der Waals surface area contributed by atoms with Gasteiger partial charge in [0.1, 0.15) is 16.6 Å². The van der Waals surface area contributed by atoms with Gasteiger partial charge in [-0.15, -0.1) is 0 Å². The van der Waals surface area contributed by atoms with E-state index in [1.54, 1.807) is 0 Å². The lowest BCUT2D eigenvalue weighted by atomic mass is 10.2. The van der Waals surface area contributed by atoms with Crippen LogP contribution in [0, 0.1) is 0 Å². The Hall–Kier alpha value is -0.940. The smallest absolute Gasteiger partial charge is 0.271 e. The predicted molar refractivity (Wildman–Crippen MR) is 50.9 cm³/mol. The van der Waals surface area contributed by atoms with Gasteiger partial charge in [0, 0.05) is 6.07 Å². The summed E-state index contributed by atoms with van der Waals surface area (Å²) in [5.74, 6) is -0.214. The summed E-state index contributed by atoms with van der Waals surface area (Å²) >= 11 is 10.6. The lowest BCUT2D eigenvalue weighted by molar-refractivity contribution is 0.107. The van der Waals surface area contributed by atoms with E-state index in [2.05, 4.69) is 9.72 Å². The van der Waals surface area contributed by atoms with E-state index in [9.17, 15) is 13.6 Å². The highest BCUT2D eigenvalue weighted by atomic mass is 35.5. The number of carbonyl (C=O) groups excluding carboxylic acids is 1. The van der Waals surface area contributed by atoms with E-state index in [1.165, 1.54) is 7.11 Å². The van der Waals surface area contributed by atoms with Crippen LogP contribution in [0.3, 0.4) is 0 Å². The molecule has 0 bridgehead atoms. The van der Waals surface area contributed by atoms with Gasteiger partial charge in [0.2, 0.25) is 0 Å². The van der Waals surface area contributed by atoms with Crippen molar-refractivity contribution in [3.8, 4) is 5.75 Å². The monoisotopic (exact) mass is 255 g/mol. The molecule has 0 saturated heterocycles. The highest BCUT2D eigenvalue weighted by Crippen LogP contribution is 2.34. The Kier molecular flexibility index (Phi) is 3.82. The third-order valence-electron chi connectivity index (χ3n) is 1.61. The molecule has 0 aliphatic rings. The van der Waals surface area contributed by atoms with Crippen LogP contribution in [0.15, 0.2) is 6.07 Å². The molecule has 0 unspecified atom stereocenters. The van der Waals surface area contributed by atoms with Gasteiger partial charge in [-0.25, -0.2) is 13.8 Å².